The standard InChI is InChI=1S/C60H42N2S/c1-3-14-41(15-4-1)42-26-30-47(31-27-42)62(48-32-28-44(29-33-48)52-24-13-18-43-16-7-9-21-51(43)52)58-38-45-17-8-10-22-53(45)57-39-49(34-36-54(57)58)61(46-19-5-2-6-20-46)50-35-37-56-55-23-11-12-25-59(55)63-60(56)40-50/h1-40,45,53H. The maximum Gasteiger partial charge on any atom is 0.0503 e. The summed E-state index contributed by atoms with van der Waals surface area (Å²) in [4.78, 5) is 4.89. The fourth-order valence-corrected chi connectivity index (χ4v) is 10.9. The molecule has 0 radical (unpaired) electrons. The zero-order valence-corrected chi connectivity index (χ0v) is 35.4. The number of allylic oxidation sites excluding steroid dienone is 5. The maximum atomic E-state index is 2.49. The van der Waals surface area contributed by atoms with E-state index in [2.05, 4.69) is 253 Å². The molecule has 2 aliphatic carbocycles. The van der Waals surface area contributed by atoms with E-state index in [1.807, 2.05) is 11.3 Å². The lowest BCUT2D eigenvalue weighted by atomic mass is 9.75. The Morgan fingerprint density at radius 3 is 1.76 bits per heavy atom. The van der Waals surface area contributed by atoms with E-state index in [0.717, 1.165) is 28.4 Å². The Morgan fingerprint density at radius 1 is 0.365 bits per heavy atom. The number of hydrogen-bond donors (Lipinski definition) is 0. The summed E-state index contributed by atoms with van der Waals surface area (Å²) in [5.74, 6) is 0.390. The minimum absolute atomic E-state index is 0.189. The van der Waals surface area contributed by atoms with Gasteiger partial charge in [0.25, 0.3) is 0 Å². The number of nitrogens with zero attached hydrogens (tertiary/aromatic N) is 2. The highest BCUT2D eigenvalue weighted by Crippen LogP contribution is 2.49. The van der Waals surface area contributed by atoms with Gasteiger partial charge in [-0.05, 0) is 105 Å². The van der Waals surface area contributed by atoms with Crippen molar-refractivity contribution in [3.8, 4) is 22.3 Å². The van der Waals surface area contributed by atoms with Gasteiger partial charge in [-0.25, -0.2) is 0 Å². The molecule has 0 spiro atoms. The summed E-state index contributed by atoms with van der Waals surface area (Å²) in [6, 6.07) is 77.7. The van der Waals surface area contributed by atoms with E-state index in [1.165, 1.54) is 70.0 Å². The highest BCUT2D eigenvalue weighted by molar-refractivity contribution is 7.25. The molecule has 2 unspecified atom stereocenters. The van der Waals surface area contributed by atoms with Crippen LogP contribution >= 0.6 is 11.3 Å². The van der Waals surface area contributed by atoms with E-state index in [1.54, 1.807) is 0 Å². The lowest BCUT2D eigenvalue weighted by Gasteiger charge is -2.37. The molecule has 1 heterocycles. The van der Waals surface area contributed by atoms with Gasteiger partial charge in [0.15, 0.2) is 0 Å². The quantitative estimate of drug-likeness (QED) is 0.151. The number of anilines is 5. The van der Waals surface area contributed by atoms with Crippen LogP contribution in [0.1, 0.15) is 17.0 Å². The Hall–Kier alpha value is -7.72. The third kappa shape index (κ3) is 6.66. The van der Waals surface area contributed by atoms with Gasteiger partial charge >= 0.3 is 0 Å². The molecule has 0 amide bonds. The Kier molecular flexibility index (Phi) is 9.20. The average molecular weight is 823 g/mol. The Morgan fingerprint density at radius 2 is 0.952 bits per heavy atom. The minimum Gasteiger partial charge on any atom is -0.310 e. The first-order chi connectivity index (χ1) is 31.2. The van der Waals surface area contributed by atoms with Crippen molar-refractivity contribution in [1.29, 1.82) is 0 Å². The first-order valence-corrected chi connectivity index (χ1v) is 22.6. The zero-order chi connectivity index (χ0) is 41.7. The summed E-state index contributed by atoms with van der Waals surface area (Å²) < 4.78 is 2.60. The van der Waals surface area contributed by atoms with Gasteiger partial charge in [-0.1, -0.05) is 176 Å². The number of hydrogen-bond acceptors (Lipinski definition) is 3. The number of fused-ring (bicyclic) bond motifs is 7. The largest absolute Gasteiger partial charge is 0.310 e. The van der Waals surface area contributed by atoms with Crippen LogP contribution in [0.5, 0.6) is 0 Å². The maximum absolute atomic E-state index is 2.49. The lowest BCUT2D eigenvalue weighted by Crippen LogP contribution is -2.24. The third-order valence-electron chi connectivity index (χ3n) is 12.8. The Bertz CT molecular complexity index is 3390. The van der Waals surface area contributed by atoms with E-state index in [9.17, 15) is 0 Å². The van der Waals surface area contributed by atoms with Crippen molar-refractivity contribution < 1.29 is 0 Å². The molecule has 0 fully saturated rings. The van der Waals surface area contributed by atoms with Gasteiger partial charge in [0.1, 0.15) is 0 Å². The molecule has 298 valence electrons. The fourth-order valence-electron chi connectivity index (χ4n) is 9.77. The Labute approximate surface area is 372 Å². The number of thiophene rings is 1. The second-order valence-corrected chi connectivity index (χ2v) is 17.6. The van der Waals surface area contributed by atoms with Crippen molar-refractivity contribution in [3.05, 3.63) is 254 Å². The summed E-state index contributed by atoms with van der Waals surface area (Å²) in [5.41, 5.74) is 14.2. The molecule has 0 bridgehead atoms. The van der Waals surface area contributed by atoms with Crippen molar-refractivity contribution in [2.45, 2.75) is 5.92 Å². The van der Waals surface area contributed by atoms with E-state index in [0.29, 0.717) is 0 Å². The summed E-state index contributed by atoms with van der Waals surface area (Å²) in [6.45, 7) is 0. The van der Waals surface area contributed by atoms with Gasteiger partial charge in [-0.3, -0.25) is 0 Å². The predicted octanol–water partition coefficient (Wildman–Crippen LogP) is 17.0. The van der Waals surface area contributed by atoms with Gasteiger partial charge in [0.2, 0.25) is 0 Å². The zero-order valence-electron chi connectivity index (χ0n) is 34.6. The fraction of sp³-hybridized carbons (Fsp3) is 0.0333. The third-order valence-corrected chi connectivity index (χ3v) is 13.9. The van der Waals surface area contributed by atoms with Gasteiger partial charge in [-0.2, -0.15) is 0 Å². The molecule has 2 atom stereocenters. The van der Waals surface area contributed by atoms with Gasteiger partial charge < -0.3 is 9.80 Å². The number of para-hydroxylation sites is 1. The molecule has 9 aromatic carbocycles. The van der Waals surface area contributed by atoms with E-state index in [-0.39, 0.29) is 11.8 Å². The molecule has 63 heavy (non-hydrogen) atoms. The van der Waals surface area contributed by atoms with Crippen LogP contribution in [0.2, 0.25) is 0 Å². The van der Waals surface area contributed by atoms with Gasteiger partial charge in [0.05, 0.1) is 5.70 Å². The van der Waals surface area contributed by atoms with Crippen LogP contribution in [0.15, 0.2) is 243 Å². The summed E-state index contributed by atoms with van der Waals surface area (Å²) in [5, 5.41) is 5.13. The molecule has 0 saturated heterocycles. The molecule has 0 aliphatic heterocycles. The second kappa shape index (κ2) is 15.6. The summed E-state index contributed by atoms with van der Waals surface area (Å²) in [6.07, 6.45) is 11.7. The molecule has 2 nitrogen and oxygen atoms in total. The number of rotatable bonds is 8. The van der Waals surface area contributed by atoms with Crippen LogP contribution in [0.4, 0.5) is 28.4 Å². The van der Waals surface area contributed by atoms with Crippen molar-refractivity contribution in [3.63, 3.8) is 0 Å². The van der Waals surface area contributed by atoms with Crippen LogP contribution in [-0.2, 0) is 0 Å². The highest BCUT2D eigenvalue weighted by Gasteiger charge is 2.32. The minimum atomic E-state index is 0.189. The molecule has 12 rings (SSSR count). The second-order valence-electron chi connectivity index (χ2n) is 16.5. The van der Waals surface area contributed by atoms with Crippen LogP contribution in [0, 0.1) is 5.92 Å². The molecular formula is C60H42N2S. The van der Waals surface area contributed by atoms with Crippen molar-refractivity contribution in [1.82, 2.24) is 0 Å². The van der Waals surface area contributed by atoms with Crippen LogP contribution < -0.4 is 9.80 Å². The monoisotopic (exact) mass is 822 g/mol. The molecule has 10 aromatic rings. The first-order valence-electron chi connectivity index (χ1n) is 21.7. The molecule has 0 N–H and O–H groups in total. The van der Waals surface area contributed by atoms with Crippen LogP contribution in [0.25, 0.3) is 58.9 Å². The van der Waals surface area contributed by atoms with Crippen molar-refractivity contribution >= 4 is 76.4 Å². The SMILES string of the molecule is C1=CC2C=C(N(c3ccc(-c4ccccc4)cc3)c3ccc(-c4cccc5ccccc45)cc3)c3ccc(N(c4ccccc4)c4ccc5c(c4)sc4ccccc45)cc3C2C=C1. The van der Waals surface area contributed by atoms with Crippen LogP contribution in [0.3, 0.4) is 0 Å². The molecule has 2 aliphatic rings. The number of benzene rings is 9. The highest BCUT2D eigenvalue weighted by atomic mass is 32.1. The van der Waals surface area contributed by atoms with Gasteiger partial charge in [-0.15, -0.1) is 11.3 Å². The van der Waals surface area contributed by atoms with Crippen LogP contribution in [-0.4, -0.2) is 0 Å². The summed E-state index contributed by atoms with van der Waals surface area (Å²) >= 11 is 1.86. The molecule has 0 saturated carbocycles. The molecular weight excluding hydrogens is 781 g/mol. The average Bonchev–Trinajstić information content (AvgIpc) is 3.73. The van der Waals surface area contributed by atoms with E-state index < -0.39 is 0 Å². The van der Waals surface area contributed by atoms with Crippen molar-refractivity contribution in [2.24, 2.45) is 5.92 Å². The molecule has 3 heteroatoms. The van der Waals surface area contributed by atoms with Gasteiger partial charge in [0, 0.05) is 66.0 Å². The van der Waals surface area contributed by atoms with E-state index >= 15 is 0 Å². The first kappa shape index (κ1) is 37.1. The lowest BCUT2D eigenvalue weighted by molar-refractivity contribution is 0.686. The van der Waals surface area contributed by atoms with Crippen molar-refractivity contribution in [2.75, 3.05) is 9.80 Å². The smallest absolute Gasteiger partial charge is 0.0503 e. The normalized spacial score (nSPS) is 15.3. The molecule has 1 aromatic heterocycles. The summed E-state index contributed by atoms with van der Waals surface area (Å²) in [7, 11) is 0. The predicted molar refractivity (Wildman–Crippen MR) is 270 cm³/mol. The Balaban J connectivity index is 1.01. The topological polar surface area (TPSA) is 6.48 Å². The van der Waals surface area contributed by atoms with E-state index in [4.69, 9.17) is 0 Å².